The minimum Gasteiger partial charge on any atom is -0.469 e. The van der Waals surface area contributed by atoms with Crippen LogP contribution in [0.3, 0.4) is 0 Å². The van der Waals surface area contributed by atoms with Gasteiger partial charge in [-0.05, 0) is 36.8 Å². The van der Waals surface area contributed by atoms with Crippen molar-refractivity contribution in [2.75, 3.05) is 7.11 Å². The summed E-state index contributed by atoms with van der Waals surface area (Å²) >= 11 is 0. The molecular formula is C25H38O3. The zero-order valence-electron chi connectivity index (χ0n) is 17.7. The first-order valence-electron chi connectivity index (χ1n) is 10.8. The number of aryl methyl sites for hydroxylation is 1. The number of aliphatic hydroxyl groups is 1. The van der Waals surface area contributed by atoms with E-state index in [0.29, 0.717) is 6.42 Å². The van der Waals surface area contributed by atoms with Crippen molar-refractivity contribution >= 4 is 12.0 Å². The van der Waals surface area contributed by atoms with Crippen molar-refractivity contribution < 1.29 is 14.6 Å². The number of unbranched alkanes of at least 4 members (excludes halogenated alkanes) is 6. The lowest BCUT2D eigenvalue weighted by Gasteiger charge is -2.06. The molecule has 3 heteroatoms. The van der Waals surface area contributed by atoms with E-state index in [4.69, 9.17) is 0 Å². The van der Waals surface area contributed by atoms with Crippen molar-refractivity contribution in [3.8, 4) is 0 Å². The lowest BCUT2D eigenvalue weighted by molar-refractivity contribution is -0.140. The maximum absolute atomic E-state index is 11.2. The van der Waals surface area contributed by atoms with Crippen molar-refractivity contribution in [3.63, 3.8) is 0 Å². The first-order chi connectivity index (χ1) is 13.7. The fourth-order valence-corrected chi connectivity index (χ4v) is 3.19. The Kier molecular flexibility index (Phi) is 13.9. The number of aliphatic hydroxyl groups excluding tert-OH is 1. The van der Waals surface area contributed by atoms with Crippen LogP contribution in [0.1, 0.15) is 82.3 Å². The molecule has 1 N–H and O–H groups in total. The van der Waals surface area contributed by atoms with E-state index in [1.807, 2.05) is 30.4 Å². The Morgan fingerprint density at radius 3 is 2.57 bits per heavy atom. The predicted octanol–water partition coefficient (Wildman–Crippen LogP) is 6.25. The summed E-state index contributed by atoms with van der Waals surface area (Å²) in [5, 5.41) is 10.1. The smallest absolute Gasteiger partial charge is 0.305 e. The van der Waals surface area contributed by atoms with Crippen LogP contribution in [-0.4, -0.2) is 24.3 Å². The number of benzene rings is 1. The lowest BCUT2D eigenvalue weighted by atomic mass is 10.0. The maximum atomic E-state index is 11.2. The minimum absolute atomic E-state index is 0.141. The molecule has 156 valence electrons. The highest BCUT2D eigenvalue weighted by Crippen LogP contribution is 2.15. The number of allylic oxidation sites excluding steroid dienone is 2. The molecular weight excluding hydrogens is 348 g/mol. The minimum atomic E-state index is -0.357. The third-order valence-corrected chi connectivity index (χ3v) is 4.93. The summed E-state index contributed by atoms with van der Waals surface area (Å²) in [6.07, 6.45) is 19.1. The van der Waals surface area contributed by atoms with Gasteiger partial charge in [-0.2, -0.15) is 0 Å². The van der Waals surface area contributed by atoms with Crippen LogP contribution in [0.4, 0.5) is 0 Å². The number of ether oxygens (including phenoxy) is 1. The van der Waals surface area contributed by atoms with Crippen LogP contribution in [0.25, 0.3) is 6.08 Å². The van der Waals surface area contributed by atoms with Crippen LogP contribution in [0.2, 0.25) is 0 Å². The molecule has 0 spiro atoms. The maximum Gasteiger partial charge on any atom is 0.305 e. The van der Waals surface area contributed by atoms with Gasteiger partial charge in [-0.1, -0.05) is 94.0 Å². The van der Waals surface area contributed by atoms with Crippen LogP contribution in [0.5, 0.6) is 0 Å². The number of esters is 1. The number of hydrogen-bond donors (Lipinski definition) is 1. The van der Waals surface area contributed by atoms with E-state index < -0.39 is 0 Å². The molecule has 0 saturated carbocycles. The van der Waals surface area contributed by atoms with E-state index in [2.05, 4.69) is 29.9 Å². The molecule has 0 heterocycles. The molecule has 0 radical (unpaired) electrons. The molecule has 0 bridgehead atoms. The van der Waals surface area contributed by atoms with Crippen molar-refractivity contribution in [3.05, 3.63) is 53.6 Å². The normalized spacial score (nSPS) is 12.7. The molecule has 0 aromatic heterocycles. The summed E-state index contributed by atoms with van der Waals surface area (Å²) in [4.78, 5) is 11.2. The summed E-state index contributed by atoms with van der Waals surface area (Å²) in [7, 11) is 1.43. The van der Waals surface area contributed by atoms with Crippen LogP contribution in [0.15, 0.2) is 42.5 Å². The van der Waals surface area contributed by atoms with Gasteiger partial charge in [-0.3, -0.25) is 4.79 Å². The van der Waals surface area contributed by atoms with E-state index in [1.54, 1.807) is 0 Å². The first-order valence-corrected chi connectivity index (χ1v) is 10.8. The van der Waals surface area contributed by atoms with E-state index in [0.717, 1.165) is 32.1 Å². The van der Waals surface area contributed by atoms with Crippen LogP contribution >= 0.6 is 0 Å². The predicted molar refractivity (Wildman–Crippen MR) is 118 cm³/mol. The van der Waals surface area contributed by atoms with Gasteiger partial charge in [0.1, 0.15) is 0 Å². The highest BCUT2D eigenvalue weighted by Gasteiger charge is 2.02. The second-order valence-corrected chi connectivity index (χ2v) is 7.35. The van der Waals surface area contributed by atoms with Crippen LogP contribution in [-0.2, 0) is 16.0 Å². The van der Waals surface area contributed by atoms with Crippen LogP contribution in [0, 0.1) is 0 Å². The number of carbonyl (C=O) groups excluding carboxylic acids is 1. The Labute approximate surface area is 171 Å². The number of methoxy groups -OCH3 is 1. The topological polar surface area (TPSA) is 46.5 Å². The summed E-state index contributed by atoms with van der Waals surface area (Å²) in [6, 6.07) is 8.32. The molecule has 0 saturated heterocycles. The fourth-order valence-electron chi connectivity index (χ4n) is 3.19. The third-order valence-electron chi connectivity index (χ3n) is 4.93. The van der Waals surface area contributed by atoms with Crippen molar-refractivity contribution in [1.29, 1.82) is 0 Å². The standard InChI is InChI=1S/C25H38O3/c1-3-4-5-6-7-8-19-24(26)20-13-11-17-22-15-9-10-16-23(22)18-12-14-21-25(27)28-2/h9-11,13,15-17,20,24,26H,3-8,12,14,18-19,21H2,1-2H3/b17-11+,20-13+/t24-/m0/s1. The average molecular weight is 387 g/mol. The average Bonchev–Trinajstić information content (AvgIpc) is 2.71. The van der Waals surface area contributed by atoms with Gasteiger partial charge in [0.2, 0.25) is 0 Å². The van der Waals surface area contributed by atoms with E-state index in [-0.39, 0.29) is 12.1 Å². The zero-order chi connectivity index (χ0) is 20.5. The quantitative estimate of drug-likeness (QED) is 0.220. The molecule has 28 heavy (non-hydrogen) atoms. The summed E-state index contributed by atoms with van der Waals surface area (Å²) < 4.78 is 4.68. The molecule has 0 aliphatic carbocycles. The highest BCUT2D eigenvalue weighted by molar-refractivity contribution is 5.69. The van der Waals surface area contributed by atoms with Gasteiger partial charge in [0.05, 0.1) is 13.2 Å². The molecule has 0 aliphatic rings. The molecule has 0 aliphatic heterocycles. The Hall–Kier alpha value is -1.87. The SMILES string of the molecule is CCCCCCCC[C@H](O)/C=C/C=C/c1ccccc1CCCCC(=O)OC. The molecule has 1 atom stereocenters. The molecule has 0 fully saturated rings. The van der Waals surface area contributed by atoms with Gasteiger partial charge in [-0.25, -0.2) is 0 Å². The number of carbonyl (C=O) groups is 1. The van der Waals surface area contributed by atoms with Gasteiger partial charge in [0, 0.05) is 6.42 Å². The zero-order valence-corrected chi connectivity index (χ0v) is 17.7. The van der Waals surface area contributed by atoms with Gasteiger partial charge < -0.3 is 9.84 Å². The van der Waals surface area contributed by atoms with Gasteiger partial charge in [0.25, 0.3) is 0 Å². The molecule has 1 rings (SSSR count). The number of rotatable bonds is 15. The Balaban J connectivity index is 2.34. The van der Waals surface area contributed by atoms with Gasteiger partial charge in [-0.15, -0.1) is 0 Å². The lowest BCUT2D eigenvalue weighted by Crippen LogP contribution is -2.01. The van der Waals surface area contributed by atoms with Crippen molar-refractivity contribution in [1.82, 2.24) is 0 Å². The van der Waals surface area contributed by atoms with Gasteiger partial charge >= 0.3 is 5.97 Å². The molecule has 0 amide bonds. The Bertz CT molecular complexity index is 589. The van der Waals surface area contributed by atoms with E-state index >= 15 is 0 Å². The molecule has 1 aromatic carbocycles. The summed E-state index contributed by atoms with van der Waals surface area (Å²) in [5.74, 6) is -0.141. The van der Waals surface area contributed by atoms with E-state index in [1.165, 1.54) is 50.3 Å². The molecule has 1 aromatic rings. The van der Waals surface area contributed by atoms with E-state index in [9.17, 15) is 9.90 Å². The molecule has 3 nitrogen and oxygen atoms in total. The van der Waals surface area contributed by atoms with Crippen molar-refractivity contribution in [2.24, 2.45) is 0 Å². The summed E-state index contributed by atoms with van der Waals surface area (Å²) in [5.41, 5.74) is 2.47. The van der Waals surface area contributed by atoms with Gasteiger partial charge in [0.15, 0.2) is 0 Å². The first kappa shape index (κ1) is 24.2. The fraction of sp³-hybridized carbons (Fsp3) is 0.560. The second-order valence-electron chi connectivity index (χ2n) is 7.35. The van der Waals surface area contributed by atoms with Crippen LogP contribution < -0.4 is 0 Å². The second kappa shape index (κ2) is 16.1. The summed E-state index contributed by atoms with van der Waals surface area (Å²) in [6.45, 7) is 2.23. The largest absolute Gasteiger partial charge is 0.469 e. The monoisotopic (exact) mass is 386 g/mol. The molecule has 0 unspecified atom stereocenters. The third kappa shape index (κ3) is 11.8. The number of hydrogen-bond acceptors (Lipinski definition) is 3. The van der Waals surface area contributed by atoms with Crippen molar-refractivity contribution in [2.45, 2.75) is 83.7 Å². The Morgan fingerprint density at radius 1 is 1.04 bits per heavy atom. The Morgan fingerprint density at radius 2 is 1.79 bits per heavy atom. The highest BCUT2D eigenvalue weighted by atomic mass is 16.5.